The minimum atomic E-state index is -0.374. The van der Waals surface area contributed by atoms with Crippen LogP contribution in [-0.2, 0) is 17.8 Å². The van der Waals surface area contributed by atoms with Gasteiger partial charge in [0.05, 0.1) is 20.8 Å². The van der Waals surface area contributed by atoms with Crippen molar-refractivity contribution >= 4 is 11.9 Å². The zero-order valence-electron chi connectivity index (χ0n) is 21.8. The normalized spacial score (nSPS) is 13.3. The maximum Gasteiger partial charge on any atom is 0.318 e. The fourth-order valence-corrected chi connectivity index (χ4v) is 3.84. The molecule has 3 amide bonds. The molecule has 1 saturated carbocycles. The highest BCUT2D eigenvalue weighted by molar-refractivity contribution is 5.84. The first-order valence-electron chi connectivity index (χ1n) is 12.2. The summed E-state index contributed by atoms with van der Waals surface area (Å²) in [4.78, 5) is 29.9. The Kier molecular flexibility index (Phi) is 8.70. The number of amides is 3. The lowest BCUT2D eigenvalue weighted by atomic mass is 10.1. The van der Waals surface area contributed by atoms with Crippen LogP contribution >= 0.6 is 0 Å². The quantitative estimate of drug-likeness (QED) is 0.510. The van der Waals surface area contributed by atoms with Gasteiger partial charge >= 0.3 is 6.03 Å². The van der Waals surface area contributed by atoms with Crippen LogP contribution in [0.4, 0.5) is 4.79 Å². The number of benzene rings is 1. The molecule has 1 fully saturated rings. The molecular formula is C27H39N3O5. The molecule has 8 nitrogen and oxygen atoms in total. The summed E-state index contributed by atoms with van der Waals surface area (Å²) >= 11 is 0. The minimum Gasteiger partial charge on any atom is -0.493 e. The molecule has 3 rings (SSSR count). The zero-order valence-corrected chi connectivity index (χ0v) is 21.8. The van der Waals surface area contributed by atoms with Gasteiger partial charge in [0.25, 0.3) is 0 Å². The summed E-state index contributed by atoms with van der Waals surface area (Å²) < 4.78 is 16.5. The van der Waals surface area contributed by atoms with Gasteiger partial charge in [-0.15, -0.1) is 0 Å². The van der Waals surface area contributed by atoms with E-state index in [1.807, 2.05) is 58.0 Å². The first kappa shape index (κ1) is 26.4. The molecule has 1 aromatic carbocycles. The van der Waals surface area contributed by atoms with Crippen LogP contribution in [0.25, 0.3) is 0 Å². The molecule has 192 valence electrons. The molecule has 0 unspecified atom stereocenters. The molecule has 0 saturated heterocycles. The number of carbonyl (C=O) groups excluding carboxylic acids is 2. The van der Waals surface area contributed by atoms with Crippen LogP contribution in [0.15, 0.2) is 34.7 Å². The summed E-state index contributed by atoms with van der Waals surface area (Å²) in [5, 5.41) is 3.00. The summed E-state index contributed by atoms with van der Waals surface area (Å²) in [7, 11) is 3.21. The average Bonchev–Trinajstić information content (AvgIpc) is 3.53. The number of hydrogen-bond acceptors (Lipinski definition) is 5. The van der Waals surface area contributed by atoms with Crippen molar-refractivity contribution in [3.8, 4) is 11.5 Å². The largest absolute Gasteiger partial charge is 0.493 e. The smallest absolute Gasteiger partial charge is 0.318 e. The molecule has 1 N–H and O–H groups in total. The molecule has 0 atom stereocenters. The second-order valence-electron chi connectivity index (χ2n) is 10.3. The van der Waals surface area contributed by atoms with Crippen LogP contribution in [0.3, 0.4) is 0 Å². The third-order valence-electron chi connectivity index (χ3n) is 5.88. The maximum absolute atomic E-state index is 13.5. The topological polar surface area (TPSA) is 84.2 Å². The van der Waals surface area contributed by atoms with Crippen molar-refractivity contribution in [2.24, 2.45) is 5.92 Å². The molecule has 0 spiro atoms. The van der Waals surface area contributed by atoms with E-state index in [0.717, 1.165) is 29.9 Å². The summed E-state index contributed by atoms with van der Waals surface area (Å²) in [6.45, 7) is 9.16. The van der Waals surface area contributed by atoms with Gasteiger partial charge in [-0.3, -0.25) is 4.79 Å². The molecule has 0 aliphatic heterocycles. The number of nitrogens with zero attached hydrogens (tertiary/aromatic N) is 2. The standard InChI is InChI=1S/C27H39N3O5/c1-19-7-11-22(35-19)17-29(14-13-20-10-12-23(33-5)24(15-20)34-6)25(31)18-30(16-21-8-9-21)26(32)28-27(2,3)4/h7,10-12,15,21H,8-9,13-14,16-18H2,1-6H3,(H,28,32). The number of carbonyl (C=O) groups is 2. The summed E-state index contributed by atoms with van der Waals surface area (Å²) in [5.74, 6) is 3.20. The number of furan rings is 1. The van der Waals surface area contributed by atoms with Gasteiger partial charge in [0.15, 0.2) is 11.5 Å². The number of methoxy groups -OCH3 is 2. The second-order valence-corrected chi connectivity index (χ2v) is 10.3. The zero-order chi connectivity index (χ0) is 25.6. The number of urea groups is 1. The highest BCUT2D eigenvalue weighted by Gasteiger charge is 2.30. The SMILES string of the molecule is COc1ccc(CCN(Cc2ccc(C)o2)C(=O)CN(CC2CC2)C(=O)NC(C)(C)C)cc1OC. The molecule has 8 heteroatoms. The monoisotopic (exact) mass is 485 g/mol. The summed E-state index contributed by atoms with van der Waals surface area (Å²) in [6, 6.07) is 9.34. The van der Waals surface area contributed by atoms with Crippen molar-refractivity contribution in [1.29, 1.82) is 0 Å². The minimum absolute atomic E-state index is 0.0318. The first-order chi connectivity index (χ1) is 16.6. The number of ether oxygens (including phenoxy) is 2. The molecule has 1 heterocycles. The lowest BCUT2D eigenvalue weighted by molar-refractivity contribution is -0.132. The van der Waals surface area contributed by atoms with E-state index in [1.54, 1.807) is 24.0 Å². The van der Waals surface area contributed by atoms with Gasteiger partial charge in [-0.25, -0.2) is 4.79 Å². The van der Waals surface area contributed by atoms with E-state index in [9.17, 15) is 9.59 Å². The van der Waals surface area contributed by atoms with Crippen LogP contribution in [-0.4, -0.2) is 61.1 Å². The molecular weight excluding hydrogens is 446 g/mol. The van der Waals surface area contributed by atoms with E-state index in [-0.39, 0.29) is 24.0 Å². The summed E-state index contributed by atoms with van der Waals surface area (Å²) in [5.41, 5.74) is 0.650. The van der Waals surface area contributed by atoms with Gasteiger partial charge in [-0.1, -0.05) is 6.07 Å². The molecule has 2 aromatic rings. The van der Waals surface area contributed by atoms with Gasteiger partial charge in [0.2, 0.25) is 5.91 Å². The highest BCUT2D eigenvalue weighted by atomic mass is 16.5. The number of rotatable bonds is 11. The van der Waals surface area contributed by atoms with Crippen molar-refractivity contribution in [1.82, 2.24) is 15.1 Å². The molecule has 0 bridgehead atoms. The Hall–Kier alpha value is -3.16. The van der Waals surface area contributed by atoms with Crippen molar-refractivity contribution in [2.75, 3.05) is 33.9 Å². The Labute approximate surface area is 208 Å². The average molecular weight is 486 g/mol. The van der Waals surface area contributed by atoms with Crippen LogP contribution in [0.1, 0.15) is 50.7 Å². The molecule has 1 aromatic heterocycles. The van der Waals surface area contributed by atoms with E-state index in [2.05, 4.69) is 5.32 Å². The van der Waals surface area contributed by atoms with Crippen molar-refractivity contribution in [3.63, 3.8) is 0 Å². The van der Waals surface area contributed by atoms with Gasteiger partial charge < -0.3 is 29.0 Å². The van der Waals surface area contributed by atoms with Gasteiger partial charge in [-0.05, 0) is 82.7 Å². The van der Waals surface area contributed by atoms with Crippen molar-refractivity contribution in [2.45, 2.75) is 59.0 Å². The molecule has 1 aliphatic carbocycles. The Morgan fingerprint density at radius 2 is 1.77 bits per heavy atom. The fourth-order valence-electron chi connectivity index (χ4n) is 3.84. The number of hydrogen-bond donors (Lipinski definition) is 1. The highest BCUT2D eigenvalue weighted by Crippen LogP contribution is 2.30. The van der Waals surface area contributed by atoms with E-state index >= 15 is 0 Å². The predicted octanol–water partition coefficient (Wildman–Crippen LogP) is 4.40. The molecule has 0 radical (unpaired) electrons. The Balaban J connectivity index is 1.74. The van der Waals surface area contributed by atoms with E-state index in [0.29, 0.717) is 43.5 Å². The Morgan fingerprint density at radius 3 is 2.34 bits per heavy atom. The Bertz CT molecular complexity index is 1010. The fraction of sp³-hybridized carbons (Fsp3) is 0.556. The number of aryl methyl sites for hydroxylation is 1. The third-order valence-corrected chi connectivity index (χ3v) is 5.88. The van der Waals surface area contributed by atoms with Gasteiger partial charge in [-0.2, -0.15) is 0 Å². The Morgan fingerprint density at radius 1 is 1.06 bits per heavy atom. The lowest BCUT2D eigenvalue weighted by Gasteiger charge is -2.30. The van der Waals surface area contributed by atoms with Crippen LogP contribution in [0.5, 0.6) is 11.5 Å². The van der Waals surface area contributed by atoms with Crippen LogP contribution < -0.4 is 14.8 Å². The number of nitrogens with one attached hydrogen (secondary N) is 1. The van der Waals surface area contributed by atoms with E-state index in [1.165, 1.54) is 0 Å². The van der Waals surface area contributed by atoms with E-state index in [4.69, 9.17) is 13.9 Å². The lowest BCUT2D eigenvalue weighted by Crippen LogP contribution is -2.52. The van der Waals surface area contributed by atoms with E-state index < -0.39 is 0 Å². The van der Waals surface area contributed by atoms with Crippen molar-refractivity contribution in [3.05, 3.63) is 47.4 Å². The predicted molar refractivity (Wildman–Crippen MR) is 135 cm³/mol. The summed E-state index contributed by atoms with van der Waals surface area (Å²) in [6.07, 6.45) is 2.83. The molecule has 1 aliphatic rings. The third kappa shape index (κ3) is 8.23. The molecule has 35 heavy (non-hydrogen) atoms. The van der Waals surface area contributed by atoms with Gasteiger partial charge in [0, 0.05) is 18.6 Å². The second kappa shape index (κ2) is 11.5. The maximum atomic E-state index is 13.5. The van der Waals surface area contributed by atoms with Crippen LogP contribution in [0, 0.1) is 12.8 Å². The van der Waals surface area contributed by atoms with Crippen molar-refractivity contribution < 1.29 is 23.5 Å². The first-order valence-corrected chi connectivity index (χ1v) is 12.2. The van der Waals surface area contributed by atoms with Gasteiger partial charge in [0.1, 0.15) is 18.1 Å². The van der Waals surface area contributed by atoms with Crippen LogP contribution in [0.2, 0.25) is 0 Å².